The Morgan fingerprint density at radius 1 is 0.409 bits per heavy atom. The van der Waals surface area contributed by atoms with Crippen LogP contribution in [0.1, 0.15) is 117 Å². The molecular weight excluding hydrogens is 283 g/mol. The maximum Gasteiger partial charge on any atom is -0.0326 e. The second kappa shape index (κ2) is 19.5. The third-order valence-corrected chi connectivity index (χ3v) is 7.64. The minimum Gasteiger partial charge on any atom is -0.107 e. The van der Waals surface area contributed by atoms with Crippen molar-refractivity contribution in [3.63, 3.8) is 0 Å². The van der Waals surface area contributed by atoms with Gasteiger partial charge in [-0.1, -0.05) is 104 Å². The van der Waals surface area contributed by atoms with E-state index < -0.39 is 0 Å². The molecule has 1 atom stereocenters. The molecular formula is C21H45P. The van der Waals surface area contributed by atoms with E-state index in [0.29, 0.717) is 7.92 Å². The summed E-state index contributed by atoms with van der Waals surface area (Å²) in [6, 6.07) is 0. The highest BCUT2D eigenvalue weighted by molar-refractivity contribution is 7.57. The zero-order valence-electron chi connectivity index (χ0n) is 16.2. The van der Waals surface area contributed by atoms with Crippen LogP contribution in [-0.4, -0.2) is 18.5 Å². The fourth-order valence-electron chi connectivity index (χ4n) is 3.19. The lowest BCUT2D eigenvalue weighted by Crippen LogP contribution is -1.94. The van der Waals surface area contributed by atoms with Gasteiger partial charge in [0.15, 0.2) is 0 Å². The molecule has 0 aromatic rings. The van der Waals surface area contributed by atoms with Gasteiger partial charge < -0.3 is 0 Å². The monoisotopic (exact) mass is 328 g/mol. The molecule has 0 radical (unpaired) electrons. The Balaban J connectivity index is 3.25. The van der Waals surface area contributed by atoms with E-state index >= 15 is 0 Å². The largest absolute Gasteiger partial charge is 0.107 e. The molecule has 0 fully saturated rings. The van der Waals surface area contributed by atoms with E-state index in [1.807, 2.05) is 0 Å². The van der Waals surface area contributed by atoms with Crippen LogP contribution >= 0.6 is 7.92 Å². The van der Waals surface area contributed by atoms with Gasteiger partial charge in [0.1, 0.15) is 0 Å². The molecule has 0 N–H and O–H groups in total. The Bertz CT molecular complexity index is 190. The third-order valence-electron chi connectivity index (χ3n) is 4.85. The lowest BCUT2D eigenvalue weighted by atomic mass is 10.1. The van der Waals surface area contributed by atoms with Crippen molar-refractivity contribution >= 4 is 7.92 Å². The minimum absolute atomic E-state index is 0.386. The minimum atomic E-state index is 0.386. The molecule has 0 aliphatic carbocycles. The quantitative estimate of drug-likeness (QED) is 0.175. The van der Waals surface area contributed by atoms with Gasteiger partial charge in [0, 0.05) is 0 Å². The Hall–Kier alpha value is 0.430. The van der Waals surface area contributed by atoms with Crippen molar-refractivity contribution in [2.24, 2.45) is 0 Å². The molecule has 0 spiro atoms. The summed E-state index contributed by atoms with van der Waals surface area (Å²) in [5.41, 5.74) is 0. The molecule has 134 valence electrons. The Morgan fingerprint density at radius 2 is 0.727 bits per heavy atom. The molecule has 0 aliphatic heterocycles. The first-order valence-electron chi connectivity index (χ1n) is 10.6. The predicted octanol–water partition coefficient (Wildman–Crippen LogP) is 8.38. The first-order valence-corrected chi connectivity index (χ1v) is 12.5. The molecule has 0 heterocycles. The molecule has 0 bridgehead atoms. The van der Waals surface area contributed by atoms with Crippen molar-refractivity contribution in [2.75, 3.05) is 18.5 Å². The molecule has 22 heavy (non-hydrogen) atoms. The number of hydrogen-bond donors (Lipinski definition) is 0. The summed E-state index contributed by atoms with van der Waals surface area (Å²) in [5.74, 6) is 0. The summed E-state index contributed by atoms with van der Waals surface area (Å²) in [4.78, 5) is 0. The van der Waals surface area contributed by atoms with Gasteiger partial charge in [0.05, 0.1) is 0 Å². The highest BCUT2D eigenvalue weighted by Crippen LogP contribution is 2.37. The second-order valence-electron chi connectivity index (χ2n) is 7.03. The van der Waals surface area contributed by atoms with Crippen molar-refractivity contribution < 1.29 is 0 Å². The van der Waals surface area contributed by atoms with Crippen LogP contribution in [0.2, 0.25) is 0 Å². The van der Waals surface area contributed by atoms with E-state index in [1.54, 1.807) is 12.3 Å². The van der Waals surface area contributed by atoms with Gasteiger partial charge in [0.2, 0.25) is 0 Å². The van der Waals surface area contributed by atoms with E-state index in [0.717, 1.165) is 0 Å². The fraction of sp³-hybridized carbons (Fsp3) is 1.00. The van der Waals surface area contributed by atoms with E-state index in [1.165, 1.54) is 102 Å². The maximum absolute atomic E-state index is 2.42. The Labute approximate surface area is 144 Å². The van der Waals surface area contributed by atoms with Gasteiger partial charge in [-0.05, 0) is 31.3 Å². The molecule has 0 rings (SSSR count). The summed E-state index contributed by atoms with van der Waals surface area (Å²) in [6.45, 7) is 7.04. The van der Waals surface area contributed by atoms with Crippen LogP contribution in [0.5, 0.6) is 0 Å². The van der Waals surface area contributed by atoms with Gasteiger partial charge in [-0.2, -0.15) is 0 Å². The van der Waals surface area contributed by atoms with Gasteiger partial charge in [-0.15, -0.1) is 7.92 Å². The molecule has 0 aromatic heterocycles. The average Bonchev–Trinajstić information content (AvgIpc) is 2.54. The van der Waals surface area contributed by atoms with Crippen molar-refractivity contribution in [3.05, 3.63) is 0 Å². The van der Waals surface area contributed by atoms with Crippen LogP contribution < -0.4 is 0 Å². The molecule has 0 saturated carbocycles. The number of rotatable bonds is 18. The van der Waals surface area contributed by atoms with Crippen molar-refractivity contribution in [1.82, 2.24) is 0 Å². The first-order chi connectivity index (χ1) is 10.8. The van der Waals surface area contributed by atoms with Crippen LogP contribution in [0.25, 0.3) is 0 Å². The smallest absolute Gasteiger partial charge is 0.0326 e. The van der Waals surface area contributed by atoms with E-state index in [-0.39, 0.29) is 0 Å². The molecule has 1 heteroatoms. The molecule has 0 aromatic carbocycles. The summed E-state index contributed by atoms with van der Waals surface area (Å²) >= 11 is 0. The van der Waals surface area contributed by atoms with Crippen LogP contribution in [0.3, 0.4) is 0 Å². The standard InChI is InChI=1S/C21H45P/c1-4-7-9-11-12-13-14-15-17-19-21-22(6-3)20-18-16-10-8-5-2/h4-21H2,1-3H3. The summed E-state index contributed by atoms with van der Waals surface area (Å²) in [7, 11) is 0.386. The molecule has 0 saturated heterocycles. The van der Waals surface area contributed by atoms with Gasteiger partial charge in [-0.25, -0.2) is 0 Å². The van der Waals surface area contributed by atoms with Crippen molar-refractivity contribution in [2.45, 2.75) is 117 Å². The molecule has 0 nitrogen and oxygen atoms in total. The number of hydrogen-bond acceptors (Lipinski definition) is 0. The van der Waals surface area contributed by atoms with Crippen LogP contribution in [0.4, 0.5) is 0 Å². The summed E-state index contributed by atoms with van der Waals surface area (Å²) in [5, 5.41) is 0. The first kappa shape index (κ1) is 22.4. The maximum atomic E-state index is 2.42. The van der Waals surface area contributed by atoms with Crippen LogP contribution in [0, 0.1) is 0 Å². The summed E-state index contributed by atoms with van der Waals surface area (Å²) in [6.07, 6.45) is 26.7. The zero-order valence-corrected chi connectivity index (χ0v) is 17.1. The Morgan fingerprint density at radius 3 is 1.05 bits per heavy atom. The zero-order chi connectivity index (χ0) is 16.3. The van der Waals surface area contributed by atoms with Gasteiger partial charge >= 0.3 is 0 Å². The Kier molecular flexibility index (Phi) is 19.9. The highest BCUT2D eigenvalue weighted by atomic mass is 31.1. The van der Waals surface area contributed by atoms with Gasteiger partial charge in [-0.3, -0.25) is 0 Å². The normalized spacial score (nSPS) is 12.7. The van der Waals surface area contributed by atoms with Crippen molar-refractivity contribution in [1.29, 1.82) is 0 Å². The lowest BCUT2D eigenvalue weighted by Gasteiger charge is -2.15. The summed E-state index contributed by atoms with van der Waals surface area (Å²) < 4.78 is 0. The van der Waals surface area contributed by atoms with E-state index in [4.69, 9.17) is 0 Å². The van der Waals surface area contributed by atoms with E-state index in [2.05, 4.69) is 20.8 Å². The van der Waals surface area contributed by atoms with E-state index in [9.17, 15) is 0 Å². The van der Waals surface area contributed by atoms with Crippen LogP contribution in [-0.2, 0) is 0 Å². The predicted molar refractivity (Wildman–Crippen MR) is 108 cm³/mol. The fourth-order valence-corrected chi connectivity index (χ4v) is 5.39. The average molecular weight is 329 g/mol. The van der Waals surface area contributed by atoms with Crippen molar-refractivity contribution in [3.8, 4) is 0 Å². The SMILES string of the molecule is CCCCCCCCCCCCP(CC)CCCCCCC. The number of unbranched alkanes of at least 4 members (excludes halogenated alkanes) is 13. The topological polar surface area (TPSA) is 0 Å². The third kappa shape index (κ3) is 16.8. The highest BCUT2D eigenvalue weighted by Gasteiger charge is 2.04. The van der Waals surface area contributed by atoms with Gasteiger partial charge in [0.25, 0.3) is 0 Å². The molecule has 0 aliphatic rings. The lowest BCUT2D eigenvalue weighted by molar-refractivity contribution is 0.562. The van der Waals surface area contributed by atoms with Crippen LogP contribution in [0.15, 0.2) is 0 Å². The molecule has 0 amide bonds. The second-order valence-corrected chi connectivity index (χ2v) is 9.90. The molecule has 1 unspecified atom stereocenters.